The van der Waals surface area contributed by atoms with E-state index in [1.54, 1.807) is 4.52 Å². The number of amides is 1. The predicted molar refractivity (Wildman–Crippen MR) is 116 cm³/mol. The Hall–Kier alpha value is -3.33. The Bertz CT molecular complexity index is 1200. The van der Waals surface area contributed by atoms with Crippen molar-refractivity contribution in [2.24, 2.45) is 0 Å². The predicted octanol–water partition coefficient (Wildman–Crippen LogP) is 1.67. The minimum atomic E-state index is 0.199. The highest BCUT2D eigenvalue weighted by Crippen LogP contribution is 2.16. The van der Waals surface area contributed by atoms with Gasteiger partial charge in [0, 0.05) is 62.9 Å². The summed E-state index contributed by atoms with van der Waals surface area (Å²) in [5, 5.41) is 4.23. The van der Waals surface area contributed by atoms with Gasteiger partial charge in [0.05, 0.1) is 5.69 Å². The number of rotatable bonds is 5. The minimum absolute atomic E-state index is 0.199. The molecule has 0 spiro atoms. The second-order valence-corrected chi connectivity index (χ2v) is 8.09. The van der Waals surface area contributed by atoms with Crippen molar-refractivity contribution >= 4 is 17.3 Å². The van der Waals surface area contributed by atoms with Gasteiger partial charge in [-0.15, -0.1) is 0 Å². The highest BCUT2D eigenvalue weighted by atomic mass is 16.2. The topological polar surface area (TPSA) is 83.9 Å². The molecule has 5 heterocycles. The van der Waals surface area contributed by atoms with E-state index in [1.165, 1.54) is 6.33 Å². The van der Waals surface area contributed by atoms with Gasteiger partial charge in [-0.3, -0.25) is 9.69 Å². The van der Waals surface area contributed by atoms with Crippen LogP contribution in [-0.4, -0.2) is 70.9 Å². The normalized spacial score (nSPS) is 15.2. The zero-order valence-corrected chi connectivity index (χ0v) is 17.9. The van der Waals surface area contributed by atoms with Crippen LogP contribution in [0.25, 0.3) is 11.4 Å². The molecule has 0 atom stereocenters. The number of piperazine rings is 1. The Balaban J connectivity index is 1.16. The van der Waals surface area contributed by atoms with E-state index in [0.717, 1.165) is 61.0 Å². The average molecular weight is 419 g/mol. The summed E-state index contributed by atoms with van der Waals surface area (Å²) in [5.41, 5.74) is 5.04. The third-order valence-electron chi connectivity index (χ3n) is 6.10. The number of carbonyl (C=O) groups is 1. The van der Waals surface area contributed by atoms with Crippen molar-refractivity contribution in [3.05, 3.63) is 59.6 Å². The molecule has 9 nitrogen and oxygen atoms in total. The summed E-state index contributed by atoms with van der Waals surface area (Å²) in [6.07, 6.45) is 6.76. The number of aryl methyl sites for hydroxylation is 2. The van der Waals surface area contributed by atoms with E-state index in [2.05, 4.69) is 31.1 Å². The molecule has 1 aliphatic rings. The van der Waals surface area contributed by atoms with Crippen LogP contribution in [0.1, 0.15) is 29.1 Å². The fourth-order valence-electron chi connectivity index (χ4n) is 4.36. The maximum atomic E-state index is 12.8. The molecule has 0 aromatic carbocycles. The maximum absolute atomic E-state index is 12.8. The van der Waals surface area contributed by atoms with Crippen LogP contribution < -0.4 is 0 Å². The van der Waals surface area contributed by atoms with E-state index >= 15 is 0 Å². The largest absolute Gasteiger partial charge is 0.340 e. The number of pyridine rings is 1. The lowest BCUT2D eigenvalue weighted by molar-refractivity contribution is -0.133. The van der Waals surface area contributed by atoms with Crippen LogP contribution in [0.15, 0.2) is 36.9 Å². The number of hydrogen-bond acceptors (Lipinski definition) is 6. The van der Waals surface area contributed by atoms with E-state index < -0.39 is 0 Å². The van der Waals surface area contributed by atoms with E-state index in [4.69, 9.17) is 0 Å². The Kier molecular flexibility index (Phi) is 5.11. The lowest BCUT2D eigenvalue weighted by atomic mass is 10.1. The summed E-state index contributed by atoms with van der Waals surface area (Å²) < 4.78 is 3.79. The molecule has 0 unspecified atom stereocenters. The Morgan fingerprint density at radius 1 is 1.10 bits per heavy atom. The Morgan fingerprint density at radius 2 is 1.94 bits per heavy atom. The summed E-state index contributed by atoms with van der Waals surface area (Å²) in [5.74, 6) is 0.802. The van der Waals surface area contributed by atoms with Crippen molar-refractivity contribution in [2.45, 2.75) is 33.2 Å². The number of imidazole rings is 1. The molecule has 1 saturated heterocycles. The first kappa shape index (κ1) is 19.6. The average Bonchev–Trinajstić information content (AvgIpc) is 3.40. The van der Waals surface area contributed by atoms with Crippen molar-refractivity contribution in [1.82, 2.24) is 38.8 Å². The quantitative estimate of drug-likeness (QED) is 0.490. The van der Waals surface area contributed by atoms with Crippen molar-refractivity contribution in [3.63, 3.8) is 0 Å². The molecular weight excluding hydrogens is 392 g/mol. The fourth-order valence-corrected chi connectivity index (χ4v) is 4.36. The highest BCUT2D eigenvalue weighted by Gasteiger charge is 2.22. The van der Waals surface area contributed by atoms with Crippen LogP contribution in [0.4, 0.5) is 0 Å². The van der Waals surface area contributed by atoms with Crippen LogP contribution >= 0.6 is 0 Å². The summed E-state index contributed by atoms with van der Waals surface area (Å²) >= 11 is 0. The molecular formula is C22H26N8O. The molecule has 9 heteroatoms. The third-order valence-corrected chi connectivity index (χ3v) is 6.10. The van der Waals surface area contributed by atoms with Crippen LogP contribution in [0.5, 0.6) is 0 Å². The summed E-state index contributed by atoms with van der Waals surface area (Å²) in [7, 11) is 0. The monoisotopic (exact) mass is 418 g/mol. The zero-order valence-electron chi connectivity index (χ0n) is 17.9. The first-order valence-electron chi connectivity index (χ1n) is 10.7. The van der Waals surface area contributed by atoms with E-state index in [9.17, 15) is 4.79 Å². The summed E-state index contributed by atoms with van der Waals surface area (Å²) in [4.78, 5) is 30.5. The minimum Gasteiger partial charge on any atom is -0.340 e. The van der Waals surface area contributed by atoms with Gasteiger partial charge in [0.1, 0.15) is 12.0 Å². The lowest BCUT2D eigenvalue weighted by Crippen LogP contribution is -2.48. The molecule has 0 aliphatic carbocycles. The Morgan fingerprint density at radius 3 is 2.74 bits per heavy atom. The molecule has 5 rings (SSSR count). The summed E-state index contributed by atoms with van der Waals surface area (Å²) in [6.45, 7) is 8.03. The van der Waals surface area contributed by atoms with Gasteiger partial charge in [0.2, 0.25) is 5.91 Å². The molecule has 4 aromatic heterocycles. The molecule has 160 valence electrons. The molecule has 1 aliphatic heterocycles. The number of hydrogen-bond donors (Lipinski definition) is 0. The van der Waals surface area contributed by atoms with E-state index in [-0.39, 0.29) is 5.91 Å². The van der Waals surface area contributed by atoms with Gasteiger partial charge in [0.15, 0.2) is 0 Å². The molecule has 4 aromatic rings. The van der Waals surface area contributed by atoms with Gasteiger partial charge in [-0.05, 0) is 38.0 Å². The molecule has 0 bridgehead atoms. The van der Waals surface area contributed by atoms with Crippen molar-refractivity contribution < 1.29 is 4.79 Å². The van der Waals surface area contributed by atoms with Crippen molar-refractivity contribution in [2.75, 3.05) is 26.2 Å². The second-order valence-electron chi connectivity index (χ2n) is 8.09. The molecule has 1 amide bonds. The molecule has 31 heavy (non-hydrogen) atoms. The third kappa shape index (κ3) is 3.88. The van der Waals surface area contributed by atoms with Crippen LogP contribution in [0.2, 0.25) is 0 Å². The first-order valence-corrected chi connectivity index (χ1v) is 10.7. The second kappa shape index (κ2) is 8.07. The van der Waals surface area contributed by atoms with Gasteiger partial charge in [-0.1, -0.05) is 6.07 Å². The standard InChI is InChI=1S/C22H26N8O/c1-16-19(17(2)30-22(25-16)23-15-24-30)6-7-21(31)28-11-9-27(10-12-28)13-18-14-29-8-4-3-5-20(29)26-18/h3-5,8,14-15H,6-7,9-13H2,1-2H3. The van der Waals surface area contributed by atoms with E-state index in [1.807, 2.05) is 47.5 Å². The Labute approximate surface area is 180 Å². The van der Waals surface area contributed by atoms with Crippen LogP contribution in [-0.2, 0) is 17.8 Å². The molecule has 0 saturated carbocycles. The molecule has 1 fully saturated rings. The van der Waals surface area contributed by atoms with Gasteiger partial charge in [-0.2, -0.15) is 10.1 Å². The number of fused-ring (bicyclic) bond motifs is 2. The first-order chi connectivity index (χ1) is 15.1. The SMILES string of the molecule is Cc1nc2ncnn2c(C)c1CCC(=O)N1CCN(Cc2cn3ccccc3n2)CC1. The van der Waals surface area contributed by atoms with Gasteiger partial charge in [0.25, 0.3) is 5.78 Å². The smallest absolute Gasteiger partial charge is 0.252 e. The highest BCUT2D eigenvalue weighted by molar-refractivity contribution is 5.76. The molecule has 0 N–H and O–H groups in total. The number of nitrogens with zero attached hydrogens (tertiary/aromatic N) is 8. The van der Waals surface area contributed by atoms with Crippen molar-refractivity contribution in [3.8, 4) is 0 Å². The van der Waals surface area contributed by atoms with E-state index in [0.29, 0.717) is 18.6 Å². The lowest BCUT2D eigenvalue weighted by Gasteiger charge is -2.34. The zero-order chi connectivity index (χ0) is 21.4. The van der Waals surface area contributed by atoms with Gasteiger partial charge < -0.3 is 9.30 Å². The summed E-state index contributed by atoms with van der Waals surface area (Å²) in [6, 6.07) is 6.02. The fraction of sp³-hybridized carbons (Fsp3) is 0.409. The van der Waals surface area contributed by atoms with Crippen LogP contribution in [0, 0.1) is 13.8 Å². The number of carbonyl (C=O) groups excluding carboxylic acids is 1. The van der Waals surface area contributed by atoms with Gasteiger partial charge >= 0.3 is 0 Å². The van der Waals surface area contributed by atoms with Crippen LogP contribution in [0.3, 0.4) is 0 Å². The van der Waals surface area contributed by atoms with Crippen molar-refractivity contribution in [1.29, 1.82) is 0 Å². The number of aromatic nitrogens is 6. The molecule has 0 radical (unpaired) electrons. The van der Waals surface area contributed by atoms with Gasteiger partial charge in [-0.25, -0.2) is 14.5 Å². The maximum Gasteiger partial charge on any atom is 0.252 e.